The maximum Gasteiger partial charge on any atom is 0.191 e. The highest BCUT2D eigenvalue weighted by molar-refractivity contribution is 5.79. The molecule has 4 heteroatoms. The molecule has 0 saturated heterocycles. The first-order valence-electron chi connectivity index (χ1n) is 6.25. The van der Waals surface area contributed by atoms with E-state index in [1.165, 1.54) is 12.8 Å². The van der Waals surface area contributed by atoms with Crippen molar-refractivity contribution < 1.29 is 4.42 Å². The van der Waals surface area contributed by atoms with Crippen LogP contribution >= 0.6 is 0 Å². The summed E-state index contributed by atoms with van der Waals surface area (Å²) >= 11 is 0. The standard InChI is InChI=1S/C13H21N3O/c1-3-14-12(16-10-13(2)5-6-13)15-8-11-4-7-17-9-11/h4,7,9H,3,5-6,8,10H2,1-2H3,(H2,14,15,16). The minimum absolute atomic E-state index is 0.492. The van der Waals surface area contributed by atoms with Crippen molar-refractivity contribution in [1.29, 1.82) is 0 Å². The fourth-order valence-electron chi connectivity index (χ4n) is 1.58. The molecule has 1 aliphatic carbocycles. The predicted molar refractivity (Wildman–Crippen MR) is 68.9 cm³/mol. The average molecular weight is 235 g/mol. The number of hydrogen-bond donors (Lipinski definition) is 2. The van der Waals surface area contributed by atoms with E-state index in [2.05, 4.69) is 29.5 Å². The van der Waals surface area contributed by atoms with Gasteiger partial charge in [-0.05, 0) is 31.2 Å². The Labute approximate surface area is 102 Å². The number of aliphatic imine (C=N–C) groups is 1. The topological polar surface area (TPSA) is 49.6 Å². The van der Waals surface area contributed by atoms with Crippen molar-refractivity contribution in [2.24, 2.45) is 10.4 Å². The largest absolute Gasteiger partial charge is 0.472 e. The zero-order valence-electron chi connectivity index (χ0n) is 10.6. The van der Waals surface area contributed by atoms with Gasteiger partial charge >= 0.3 is 0 Å². The molecular formula is C13H21N3O. The van der Waals surface area contributed by atoms with Gasteiger partial charge in [-0.15, -0.1) is 0 Å². The first-order chi connectivity index (χ1) is 8.22. The smallest absolute Gasteiger partial charge is 0.191 e. The highest BCUT2D eigenvalue weighted by Crippen LogP contribution is 2.43. The lowest BCUT2D eigenvalue weighted by Gasteiger charge is -2.14. The Kier molecular flexibility index (Phi) is 3.71. The Morgan fingerprint density at radius 3 is 2.88 bits per heavy atom. The molecule has 0 spiro atoms. The van der Waals surface area contributed by atoms with Crippen LogP contribution in [0.5, 0.6) is 0 Å². The Hall–Kier alpha value is -1.45. The lowest BCUT2D eigenvalue weighted by Crippen LogP contribution is -2.39. The van der Waals surface area contributed by atoms with E-state index in [-0.39, 0.29) is 0 Å². The maximum absolute atomic E-state index is 5.02. The monoisotopic (exact) mass is 235 g/mol. The maximum atomic E-state index is 5.02. The summed E-state index contributed by atoms with van der Waals surface area (Å²) < 4.78 is 5.02. The van der Waals surface area contributed by atoms with Gasteiger partial charge in [0.15, 0.2) is 5.96 Å². The molecule has 1 aliphatic rings. The summed E-state index contributed by atoms with van der Waals surface area (Å²) in [6.07, 6.45) is 6.05. The third kappa shape index (κ3) is 3.80. The second-order valence-electron chi connectivity index (χ2n) is 4.99. The normalized spacial score (nSPS) is 17.9. The van der Waals surface area contributed by atoms with Crippen LogP contribution in [0.2, 0.25) is 0 Å². The Balaban J connectivity index is 1.84. The van der Waals surface area contributed by atoms with Crippen LogP contribution in [0.3, 0.4) is 0 Å². The van der Waals surface area contributed by atoms with Gasteiger partial charge in [0.1, 0.15) is 0 Å². The van der Waals surface area contributed by atoms with Gasteiger partial charge in [0.25, 0.3) is 0 Å². The van der Waals surface area contributed by atoms with E-state index in [0.717, 1.165) is 24.6 Å². The van der Waals surface area contributed by atoms with Gasteiger partial charge < -0.3 is 15.1 Å². The molecular weight excluding hydrogens is 214 g/mol. The minimum atomic E-state index is 0.492. The molecule has 2 N–H and O–H groups in total. The summed E-state index contributed by atoms with van der Waals surface area (Å²) in [5.41, 5.74) is 1.59. The number of furan rings is 1. The summed E-state index contributed by atoms with van der Waals surface area (Å²) in [7, 11) is 0. The van der Waals surface area contributed by atoms with Crippen molar-refractivity contribution in [1.82, 2.24) is 10.6 Å². The number of rotatable bonds is 5. The fourth-order valence-corrected chi connectivity index (χ4v) is 1.58. The van der Waals surface area contributed by atoms with E-state index in [0.29, 0.717) is 12.0 Å². The Morgan fingerprint density at radius 2 is 2.29 bits per heavy atom. The summed E-state index contributed by atoms with van der Waals surface area (Å²) in [5.74, 6) is 0.891. The third-order valence-electron chi connectivity index (χ3n) is 3.13. The van der Waals surface area contributed by atoms with Crippen molar-refractivity contribution in [3.8, 4) is 0 Å². The zero-order valence-corrected chi connectivity index (χ0v) is 10.6. The molecule has 1 fully saturated rings. The average Bonchev–Trinajstić information content (AvgIpc) is 2.85. The van der Waals surface area contributed by atoms with Crippen LogP contribution < -0.4 is 10.6 Å². The van der Waals surface area contributed by atoms with Crippen molar-refractivity contribution >= 4 is 5.96 Å². The molecule has 1 aromatic rings. The quantitative estimate of drug-likeness (QED) is 0.607. The molecule has 0 aromatic carbocycles. The number of hydrogen-bond acceptors (Lipinski definition) is 2. The number of guanidine groups is 1. The third-order valence-corrected chi connectivity index (χ3v) is 3.13. The number of nitrogens with one attached hydrogen (secondary N) is 2. The minimum Gasteiger partial charge on any atom is -0.472 e. The molecule has 1 aromatic heterocycles. The van der Waals surface area contributed by atoms with Crippen LogP contribution in [-0.4, -0.2) is 19.0 Å². The molecule has 1 saturated carbocycles. The van der Waals surface area contributed by atoms with Gasteiger partial charge in [-0.2, -0.15) is 0 Å². The Bertz CT molecular complexity index is 366. The SMILES string of the molecule is CCNC(=NCc1ccoc1)NCC1(C)CC1. The highest BCUT2D eigenvalue weighted by Gasteiger charge is 2.36. The Morgan fingerprint density at radius 1 is 1.47 bits per heavy atom. The van der Waals surface area contributed by atoms with E-state index in [4.69, 9.17) is 4.42 Å². The van der Waals surface area contributed by atoms with E-state index in [1.807, 2.05) is 6.07 Å². The van der Waals surface area contributed by atoms with Gasteiger partial charge in [0, 0.05) is 18.7 Å². The van der Waals surface area contributed by atoms with Crippen LogP contribution in [0.1, 0.15) is 32.3 Å². The molecule has 0 aliphatic heterocycles. The van der Waals surface area contributed by atoms with Crippen LogP contribution in [-0.2, 0) is 6.54 Å². The molecule has 0 atom stereocenters. The van der Waals surface area contributed by atoms with Crippen LogP contribution in [0.25, 0.3) is 0 Å². The van der Waals surface area contributed by atoms with Gasteiger partial charge in [-0.3, -0.25) is 0 Å². The molecule has 4 nitrogen and oxygen atoms in total. The van der Waals surface area contributed by atoms with Crippen LogP contribution in [0, 0.1) is 5.41 Å². The molecule has 0 radical (unpaired) electrons. The lowest BCUT2D eigenvalue weighted by atomic mass is 10.1. The van der Waals surface area contributed by atoms with Gasteiger partial charge in [-0.1, -0.05) is 6.92 Å². The molecule has 0 amide bonds. The first-order valence-corrected chi connectivity index (χ1v) is 6.25. The van der Waals surface area contributed by atoms with Crippen molar-refractivity contribution in [2.75, 3.05) is 13.1 Å². The molecule has 1 heterocycles. The second kappa shape index (κ2) is 5.25. The van der Waals surface area contributed by atoms with E-state index in [1.54, 1.807) is 12.5 Å². The second-order valence-corrected chi connectivity index (χ2v) is 4.99. The van der Waals surface area contributed by atoms with E-state index < -0.39 is 0 Å². The summed E-state index contributed by atoms with van der Waals surface area (Å²) in [5, 5.41) is 6.65. The highest BCUT2D eigenvalue weighted by atomic mass is 16.3. The summed E-state index contributed by atoms with van der Waals surface area (Å²) in [6, 6.07) is 1.94. The zero-order chi connectivity index (χ0) is 12.1. The molecule has 0 bridgehead atoms. The summed E-state index contributed by atoms with van der Waals surface area (Å²) in [4.78, 5) is 4.52. The lowest BCUT2D eigenvalue weighted by molar-refractivity contribution is 0.549. The number of nitrogens with zero attached hydrogens (tertiary/aromatic N) is 1. The first kappa shape index (κ1) is 12.0. The van der Waals surface area contributed by atoms with E-state index in [9.17, 15) is 0 Å². The van der Waals surface area contributed by atoms with Crippen molar-refractivity contribution in [3.63, 3.8) is 0 Å². The van der Waals surface area contributed by atoms with E-state index >= 15 is 0 Å². The van der Waals surface area contributed by atoms with Crippen LogP contribution in [0.4, 0.5) is 0 Å². The van der Waals surface area contributed by atoms with Crippen molar-refractivity contribution in [2.45, 2.75) is 33.2 Å². The summed E-state index contributed by atoms with van der Waals surface area (Å²) in [6.45, 7) is 6.92. The molecule has 0 unspecified atom stereocenters. The van der Waals surface area contributed by atoms with Gasteiger partial charge in [-0.25, -0.2) is 4.99 Å². The van der Waals surface area contributed by atoms with Crippen LogP contribution in [0.15, 0.2) is 28.0 Å². The fraction of sp³-hybridized carbons (Fsp3) is 0.615. The molecule has 2 rings (SSSR count). The molecule has 94 valence electrons. The predicted octanol–water partition coefficient (Wildman–Crippen LogP) is 2.13. The van der Waals surface area contributed by atoms with Gasteiger partial charge in [0.05, 0.1) is 19.1 Å². The van der Waals surface area contributed by atoms with Crippen molar-refractivity contribution in [3.05, 3.63) is 24.2 Å². The molecule has 17 heavy (non-hydrogen) atoms. The van der Waals surface area contributed by atoms with Gasteiger partial charge in [0.2, 0.25) is 0 Å².